The number of hydrogen-bond donors (Lipinski definition) is 1. The van der Waals surface area contributed by atoms with Gasteiger partial charge in [0, 0.05) is 12.7 Å². The van der Waals surface area contributed by atoms with Crippen LogP contribution in [0.25, 0.3) is 0 Å². The lowest BCUT2D eigenvalue weighted by Crippen LogP contribution is -2.47. The van der Waals surface area contributed by atoms with Gasteiger partial charge in [-0.2, -0.15) is 0 Å². The zero-order valence-corrected chi connectivity index (χ0v) is 24.5. The molecule has 200 valence electrons. The van der Waals surface area contributed by atoms with Crippen LogP contribution in [0.5, 0.6) is 5.75 Å². The van der Waals surface area contributed by atoms with E-state index in [9.17, 15) is 5.11 Å². The van der Waals surface area contributed by atoms with Crippen molar-refractivity contribution in [2.75, 3.05) is 20.3 Å². The van der Waals surface area contributed by atoms with Gasteiger partial charge in [0.15, 0.2) is 0 Å². The second-order valence-corrected chi connectivity index (χ2v) is 16.2. The van der Waals surface area contributed by atoms with Gasteiger partial charge in [-0.3, -0.25) is 0 Å². The molecule has 0 saturated carbocycles. The highest BCUT2D eigenvalue weighted by molar-refractivity contribution is 6.77. The minimum atomic E-state index is -2.05. The van der Waals surface area contributed by atoms with Gasteiger partial charge in [-0.25, -0.2) is 0 Å². The van der Waals surface area contributed by atoms with Gasteiger partial charge in [0.2, 0.25) is 8.32 Å². The Morgan fingerprint density at radius 1 is 0.730 bits per heavy atom. The average molecular weight is 521 g/mol. The SMILES string of the molecule is COCCOc1ccc(CO[Si](C(C)C)(C(C)C)C(C)C)cc1C(O)(c1ccccc1)c1ccccc1. The van der Waals surface area contributed by atoms with Crippen LogP contribution in [-0.4, -0.2) is 33.7 Å². The molecule has 5 heteroatoms. The van der Waals surface area contributed by atoms with E-state index in [1.165, 1.54) is 0 Å². The van der Waals surface area contributed by atoms with Crippen molar-refractivity contribution in [2.24, 2.45) is 0 Å². The van der Waals surface area contributed by atoms with Crippen LogP contribution in [-0.2, 0) is 21.4 Å². The van der Waals surface area contributed by atoms with Crippen LogP contribution in [0.3, 0.4) is 0 Å². The molecule has 0 fully saturated rings. The molecule has 0 radical (unpaired) electrons. The van der Waals surface area contributed by atoms with Crippen LogP contribution in [0.2, 0.25) is 16.6 Å². The third kappa shape index (κ3) is 6.18. The van der Waals surface area contributed by atoms with E-state index in [-0.39, 0.29) is 0 Å². The number of aliphatic hydroxyl groups is 1. The van der Waals surface area contributed by atoms with Gasteiger partial charge in [0.1, 0.15) is 18.0 Å². The van der Waals surface area contributed by atoms with Crippen molar-refractivity contribution in [3.8, 4) is 5.75 Å². The predicted octanol–water partition coefficient (Wildman–Crippen LogP) is 7.69. The monoisotopic (exact) mass is 520 g/mol. The van der Waals surface area contributed by atoms with Crippen LogP contribution in [0.4, 0.5) is 0 Å². The Hall–Kier alpha value is -2.44. The van der Waals surface area contributed by atoms with Gasteiger partial charge in [0.25, 0.3) is 0 Å². The highest BCUT2D eigenvalue weighted by atomic mass is 28.4. The first kappa shape index (κ1) is 29.1. The molecule has 0 aliphatic carbocycles. The van der Waals surface area contributed by atoms with Crippen LogP contribution in [0, 0.1) is 0 Å². The molecule has 0 bridgehead atoms. The van der Waals surface area contributed by atoms with Crippen LogP contribution in [0.1, 0.15) is 63.8 Å². The Morgan fingerprint density at radius 2 is 1.24 bits per heavy atom. The van der Waals surface area contributed by atoms with E-state index >= 15 is 0 Å². The molecule has 37 heavy (non-hydrogen) atoms. The molecule has 0 aromatic heterocycles. The van der Waals surface area contributed by atoms with Crippen molar-refractivity contribution in [1.29, 1.82) is 0 Å². The molecule has 1 N–H and O–H groups in total. The van der Waals surface area contributed by atoms with Gasteiger partial charge < -0.3 is 19.0 Å². The van der Waals surface area contributed by atoms with E-state index in [1.54, 1.807) is 7.11 Å². The molecule has 0 spiro atoms. The highest BCUT2D eigenvalue weighted by Crippen LogP contribution is 2.44. The summed E-state index contributed by atoms with van der Waals surface area (Å²) in [5.41, 5.74) is 3.38. The Bertz CT molecular complexity index is 1040. The van der Waals surface area contributed by atoms with Crippen molar-refractivity contribution in [2.45, 2.75) is 70.4 Å². The standard InChI is InChI=1S/C32H44O4Si/c1-24(2)37(25(3)4,26(5)6)36-23-27-18-19-31(35-21-20-34-7)30(22-27)32(33,28-14-10-8-11-15-28)29-16-12-9-13-17-29/h8-19,22,24-26,33H,20-21,23H2,1-7H3. The molecule has 3 rings (SSSR count). The first-order valence-corrected chi connectivity index (χ1v) is 15.5. The fourth-order valence-electron chi connectivity index (χ4n) is 5.86. The van der Waals surface area contributed by atoms with Gasteiger partial charge in [-0.15, -0.1) is 0 Å². The molecular weight excluding hydrogens is 476 g/mol. The fraction of sp³-hybridized carbons (Fsp3) is 0.438. The molecule has 0 heterocycles. The Kier molecular flexibility index (Phi) is 10.1. The number of benzene rings is 3. The summed E-state index contributed by atoms with van der Waals surface area (Å²) in [6.45, 7) is 15.2. The predicted molar refractivity (Wildman–Crippen MR) is 155 cm³/mol. The molecule has 4 nitrogen and oxygen atoms in total. The van der Waals surface area contributed by atoms with E-state index in [1.807, 2.05) is 66.7 Å². The number of hydrogen-bond acceptors (Lipinski definition) is 4. The van der Waals surface area contributed by atoms with Crippen molar-refractivity contribution < 1.29 is 19.0 Å². The van der Waals surface area contributed by atoms with Gasteiger partial charge in [0.05, 0.1) is 13.2 Å². The van der Waals surface area contributed by atoms with E-state index in [0.717, 1.165) is 16.7 Å². The van der Waals surface area contributed by atoms with Gasteiger partial charge >= 0.3 is 0 Å². The van der Waals surface area contributed by atoms with Crippen LogP contribution >= 0.6 is 0 Å². The minimum absolute atomic E-state index is 0.392. The summed E-state index contributed by atoms with van der Waals surface area (Å²) in [5.74, 6) is 0.635. The topological polar surface area (TPSA) is 47.9 Å². The lowest BCUT2D eigenvalue weighted by Gasteiger charge is -2.42. The van der Waals surface area contributed by atoms with Gasteiger partial charge in [-0.1, -0.05) is 108 Å². The summed E-state index contributed by atoms with van der Waals surface area (Å²) in [5, 5.41) is 12.5. The lowest BCUT2D eigenvalue weighted by molar-refractivity contribution is 0.113. The molecule has 3 aromatic carbocycles. The maximum Gasteiger partial charge on any atom is 0.200 e. The third-order valence-corrected chi connectivity index (χ3v) is 13.6. The molecule has 0 saturated heterocycles. The second kappa shape index (κ2) is 12.9. The van der Waals surface area contributed by atoms with Crippen molar-refractivity contribution in [3.63, 3.8) is 0 Å². The normalized spacial score (nSPS) is 12.5. The Morgan fingerprint density at radius 3 is 1.70 bits per heavy atom. The summed E-state index contributed by atoms with van der Waals surface area (Å²) >= 11 is 0. The summed E-state index contributed by atoms with van der Waals surface area (Å²) in [6.07, 6.45) is 0. The number of methoxy groups -OCH3 is 1. The highest BCUT2D eigenvalue weighted by Gasteiger charge is 2.45. The summed E-state index contributed by atoms with van der Waals surface area (Å²) in [6, 6.07) is 25.7. The number of rotatable bonds is 13. The van der Waals surface area contributed by atoms with Crippen LogP contribution < -0.4 is 4.74 Å². The Labute approximate surface area is 224 Å². The Balaban J connectivity index is 2.13. The van der Waals surface area contributed by atoms with E-state index < -0.39 is 13.9 Å². The van der Waals surface area contributed by atoms with Crippen LogP contribution in [0.15, 0.2) is 78.9 Å². The van der Waals surface area contributed by atoms with E-state index in [2.05, 4.69) is 53.7 Å². The number of ether oxygens (including phenoxy) is 2. The largest absolute Gasteiger partial charge is 0.491 e. The zero-order chi connectivity index (χ0) is 27.1. The third-order valence-electron chi connectivity index (χ3n) is 7.56. The summed E-state index contributed by atoms with van der Waals surface area (Å²) in [7, 11) is -0.395. The molecule has 0 unspecified atom stereocenters. The first-order valence-electron chi connectivity index (χ1n) is 13.4. The minimum Gasteiger partial charge on any atom is -0.491 e. The molecule has 0 amide bonds. The van der Waals surface area contributed by atoms with Crippen molar-refractivity contribution >= 4 is 8.32 Å². The molecule has 0 atom stereocenters. The first-order chi connectivity index (χ1) is 17.7. The average Bonchev–Trinajstić information content (AvgIpc) is 2.89. The maximum atomic E-state index is 12.5. The summed E-state index contributed by atoms with van der Waals surface area (Å²) < 4.78 is 18.3. The van der Waals surface area contributed by atoms with Crippen molar-refractivity contribution in [3.05, 3.63) is 101 Å². The maximum absolute atomic E-state index is 12.5. The molecule has 0 aliphatic heterocycles. The molecular formula is C32H44O4Si. The van der Waals surface area contributed by atoms with Crippen molar-refractivity contribution in [1.82, 2.24) is 0 Å². The zero-order valence-electron chi connectivity index (χ0n) is 23.5. The van der Waals surface area contributed by atoms with E-state index in [0.29, 0.717) is 47.8 Å². The molecule has 0 aliphatic rings. The lowest BCUT2D eigenvalue weighted by atomic mass is 9.79. The second-order valence-electron chi connectivity index (χ2n) is 10.7. The molecule has 3 aromatic rings. The summed E-state index contributed by atoms with van der Waals surface area (Å²) in [4.78, 5) is 0. The van der Waals surface area contributed by atoms with Gasteiger partial charge in [-0.05, 0) is 45.4 Å². The smallest absolute Gasteiger partial charge is 0.200 e. The quantitative estimate of drug-likeness (QED) is 0.143. The fourth-order valence-corrected chi connectivity index (χ4v) is 11.3. The van der Waals surface area contributed by atoms with E-state index in [4.69, 9.17) is 13.9 Å².